The summed E-state index contributed by atoms with van der Waals surface area (Å²) in [6.07, 6.45) is 25.6. The summed E-state index contributed by atoms with van der Waals surface area (Å²) in [5.74, 6) is 2.64. The number of hydrogen-bond acceptors (Lipinski definition) is 16. The first kappa shape index (κ1) is 68.2. The molecule has 0 N–H and O–H groups in total. The van der Waals surface area contributed by atoms with Crippen LogP contribution in [0.15, 0.2) is 254 Å². The number of fused-ring (bicyclic) bond motifs is 4. The second-order valence-corrected chi connectivity index (χ2v) is 25.5. The lowest BCUT2D eigenvalue weighted by Gasteiger charge is -2.22. The van der Waals surface area contributed by atoms with Crippen LogP contribution in [-0.4, -0.2) is 116 Å². The van der Waals surface area contributed by atoms with Gasteiger partial charge in [-0.3, -0.25) is 47.8 Å². The second kappa shape index (κ2) is 30.2. The molecule has 1 aliphatic carbocycles. The number of pyridine rings is 8. The Labute approximate surface area is 607 Å². The number of halogens is 4. The van der Waals surface area contributed by atoms with Crippen molar-refractivity contribution in [1.29, 1.82) is 0 Å². The number of ether oxygens (including phenoxy) is 4. The Kier molecular flexibility index (Phi) is 19.3. The second-order valence-electron chi connectivity index (χ2n) is 25.5. The van der Waals surface area contributed by atoms with Crippen LogP contribution >= 0.6 is 0 Å². The molecule has 1 atom stereocenters. The van der Waals surface area contributed by atoms with E-state index in [-0.39, 0.29) is 46.6 Å². The average molecular weight is 1430 g/mol. The number of imidazole rings is 4. The summed E-state index contributed by atoms with van der Waals surface area (Å²) in [6, 6.07) is 47.1. The van der Waals surface area contributed by atoms with Gasteiger partial charge in [0.25, 0.3) is 11.1 Å². The van der Waals surface area contributed by atoms with Gasteiger partial charge in [-0.15, -0.1) is 0 Å². The highest BCUT2D eigenvalue weighted by molar-refractivity contribution is 5.86. The maximum Gasteiger partial charge on any atom is 0.251 e. The molecule has 26 heteroatoms. The Hall–Kier alpha value is -13.2. The molecule has 3 aliphatic rings. The van der Waals surface area contributed by atoms with Gasteiger partial charge >= 0.3 is 0 Å². The minimum Gasteiger partial charge on any atom is -0.474 e. The minimum absolute atomic E-state index is 0.0270. The number of aryl methyl sites for hydroxylation is 1. The summed E-state index contributed by atoms with van der Waals surface area (Å²) in [4.78, 5) is 69.0. The van der Waals surface area contributed by atoms with Crippen LogP contribution in [0.3, 0.4) is 0 Å². The zero-order chi connectivity index (χ0) is 72.9. The van der Waals surface area contributed by atoms with Gasteiger partial charge in [-0.2, -0.15) is 0 Å². The third kappa shape index (κ3) is 14.9. The molecule has 2 saturated heterocycles. The summed E-state index contributed by atoms with van der Waals surface area (Å²) in [5.41, 5.74) is 12.5. The molecule has 0 amide bonds. The van der Waals surface area contributed by atoms with E-state index in [2.05, 4.69) is 34.9 Å². The lowest BCUT2D eigenvalue weighted by atomic mass is 10.1. The first-order valence-electron chi connectivity index (χ1n) is 34.5. The van der Waals surface area contributed by atoms with Crippen LogP contribution in [0.25, 0.3) is 112 Å². The summed E-state index contributed by atoms with van der Waals surface area (Å²) in [7, 11) is 1.69. The van der Waals surface area contributed by atoms with Gasteiger partial charge in [0.1, 0.15) is 58.8 Å². The van der Waals surface area contributed by atoms with Gasteiger partial charge in [-0.1, -0.05) is 0 Å². The van der Waals surface area contributed by atoms with E-state index in [0.29, 0.717) is 53.3 Å². The molecule has 1 unspecified atom stereocenters. The highest BCUT2D eigenvalue weighted by Crippen LogP contribution is 2.36. The predicted molar refractivity (Wildman–Crippen MR) is 395 cm³/mol. The van der Waals surface area contributed by atoms with Crippen molar-refractivity contribution >= 4 is 44.1 Å². The van der Waals surface area contributed by atoms with Crippen LogP contribution in [0.4, 0.5) is 17.6 Å². The van der Waals surface area contributed by atoms with Crippen molar-refractivity contribution in [2.24, 2.45) is 7.05 Å². The Bertz CT molecular complexity index is 5960. The van der Waals surface area contributed by atoms with Gasteiger partial charge in [0, 0.05) is 151 Å². The van der Waals surface area contributed by atoms with E-state index in [1.807, 2.05) is 79.1 Å². The smallest absolute Gasteiger partial charge is 0.251 e. The van der Waals surface area contributed by atoms with Crippen molar-refractivity contribution in [2.45, 2.75) is 50.4 Å². The van der Waals surface area contributed by atoms with Crippen molar-refractivity contribution in [2.75, 3.05) is 26.4 Å². The standard InChI is InChI=1S/C22H19FN4O2.C21H17FN4O2.C20H15FN4O.C18H13FN4O/c23-16-2-4-17(5-3-16)27-20-14-24-10-7-19(20)26-22(27)15-1-6-21(25-13-15)29-18-8-11-28-12-9-18;22-15-2-4-16(5-3-15)26-19-12-23-9-7-18(19)25-21(26)14-1-6-20(24-11-14)28-17-8-10-27-13-17;21-14-1-3-16(4-2-14)25-18-12-22-9-7-17(18)23-20(25)13-8-10-24(15-5-6-15)19(26)11-13;1-22-9-7-12(10-17(22)24)18-21-15-6-8-20-11-16(15)23(18)14-4-2-13(19)3-5-14/h1-7,10,13-14,18H,8-9,11-12H2;1-7,9,11-12,17H,8,10,13H2;1-4,7-12,15H,5-6H2;2-11H,1H3. The normalized spacial score (nSPS) is 14.3. The number of hydrogen-bond donors (Lipinski definition) is 0. The van der Waals surface area contributed by atoms with Crippen molar-refractivity contribution < 1.29 is 36.5 Å². The molecule has 16 aromatic rings. The molecule has 107 heavy (non-hydrogen) atoms. The van der Waals surface area contributed by atoms with Crippen LogP contribution in [0, 0.1) is 23.3 Å². The lowest BCUT2D eigenvalue weighted by Crippen LogP contribution is -2.26. The molecular formula is C81H64F4N16O6. The van der Waals surface area contributed by atoms with E-state index in [1.165, 1.54) is 59.2 Å². The van der Waals surface area contributed by atoms with E-state index in [9.17, 15) is 27.2 Å². The summed E-state index contributed by atoms with van der Waals surface area (Å²) < 4.78 is 86.9. The number of nitrogens with zero attached hydrogens (tertiary/aromatic N) is 16. The molecule has 19 rings (SSSR count). The van der Waals surface area contributed by atoms with Gasteiger partial charge in [0.15, 0.2) is 0 Å². The summed E-state index contributed by atoms with van der Waals surface area (Å²) in [6.45, 7) is 2.76. The zero-order valence-electron chi connectivity index (χ0n) is 57.3. The fourth-order valence-electron chi connectivity index (χ4n) is 12.8. The Balaban J connectivity index is 0.000000109. The van der Waals surface area contributed by atoms with E-state index < -0.39 is 0 Å². The van der Waals surface area contributed by atoms with E-state index >= 15 is 0 Å². The van der Waals surface area contributed by atoms with Crippen LogP contribution in [0.5, 0.6) is 11.8 Å². The van der Waals surface area contributed by atoms with Crippen LogP contribution in [0.1, 0.15) is 38.1 Å². The molecule has 532 valence electrons. The van der Waals surface area contributed by atoms with Gasteiger partial charge in [0.05, 0.1) is 95.3 Å². The highest BCUT2D eigenvalue weighted by Gasteiger charge is 2.26. The summed E-state index contributed by atoms with van der Waals surface area (Å²) in [5, 5.41) is 0. The zero-order valence-corrected chi connectivity index (χ0v) is 57.3. The van der Waals surface area contributed by atoms with Crippen molar-refractivity contribution in [3.05, 3.63) is 288 Å². The fraction of sp³-hybridized carbons (Fsp3) is 0.160. The Morgan fingerprint density at radius 3 is 1.07 bits per heavy atom. The molecule has 0 bridgehead atoms. The highest BCUT2D eigenvalue weighted by atomic mass is 19.1. The van der Waals surface area contributed by atoms with E-state index in [1.54, 1.807) is 140 Å². The van der Waals surface area contributed by atoms with Gasteiger partial charge in [-0.25, -0.2) is 47.5 Å². The number of rotatable bonds is 13. The molecule has 22 nitrogen and oxygen atoms in total. The average Bonchev–Trinajstić information content (AvgIpc) is 1.64. The molecule has 14 heterocycles. The van der Waals surface area contributed by atoms with Crippen molar-refractivity contribution in [3.8, 4) is 80.1 Å². The molecule has 12 aromatic heterocycles. The molecule has 4 aromatic carbocycles. The Morgan fingerprint density at radius 2 is 0.729 bits per heavy atom. The van der Waals surface area contributed by atoms with Crippen LogP contribution in [0.2, 0.25) is 0 Å². The van der Waals surface area contributed by atoms with Crippen LogP contribution in [-0.2, 0) is 16.5 Å². The topological polar surface area (TPSA) is 230 Å². The Morgan fingerprint density at radius 1 is 0.374 bits per heavy atom. The maximum absolute atomic E-state index is 13.4. The third-order valence-electron chi connectivity index (χ3n) is 18.3. The molecule has 3 fully saturated rings. The van der Waals surface area contributed by atoms with E-state index in [4.69, 9.17) is 33.9 Å². The largest absolute Gasteiger partial charge is 0.474 e. The molecule has 0 spiro atoms. The summed E-state index contributed by atoms with van der Waals surface area (Å²) >= 11 is 0. The SMILES string of the molecule is Cn1ccc(-c2nc3ccncc3n2-c2ccc(F)cc2)cc1=O.Fc1ccc(-n2c(-c3ccc(OC4CCOC4)nc3)nc3ccncc32)cc1.Fc1ccc(-n2c(-c3ccc(OC4CCOCC4)nc3)nc3ccncc32)cc1.O=c1cc(-c2nc3ccncc3n2-c2ccc(F)cc2)ccn1C1CC1. The van der Waals surface area contributed by atoms with E-state index in [0.717, 1.165) is 135 Å². The maximum atomic E-state index is 13.4. The molecule has 1 saturated carbocycles. The van der Waals surface area contributed by atoms with Crippen LogP contribution < -0.4 is 20.6 Å². The number of aromatic nitrogens is 16. The lowest BCUT2D eigenvalue weighted by molar-refractivity contribution is 0.0237. The monoisotopic (exact) mass is 1430 g/mol. The molecule has 2 aliphatic heterocycles. The van der Waals surface area contributed by atoms with Gasteiger partial charge < -0.3 is 28.1 Å². The number of benzene rings is 4. The third-order valence-corrected chi connectivity index (χ3v) is 18.3. The van der Waals surface area contributed by atoms with Gasteiger partial charge in [-0.05, 0) is 158 Å². The van der Waals surface area contributed by atoms with Crippen molar-refractivity contribution in [1.82, 2.24) is 77.2 Å². The predicted octanol–water partition coefficient (Wildman–Crippen LogP) is 14.6. The minimum atomic E-state index is -0.309. The first-order chi connectivity index (χ1) is 52.4. The fourth-order valence-corrected chi connectivity index (χ4v) is 12.8. The quantitative estimate of drug-likeness (QED) is 0.0977. The molecular weight excluding hydrogens is 1370 g/mol. The molecule has 0 radical (unpaired) electrons. The van der Waals surface area contributed by atoms with Crippen molar-refractivity contribution in [3.63, 3.8) is 0 Å². The van der Waals surface area contributed by atoms with Gasteiger partial charge in [0.2, 0.25) is 11.8 Å². The first-order valence-corrected chi connectivity index (χ1v) is 34.5.